The van der Waals surface area contributed by atoms with Crippen molar-refractivity contribution in [1.82, 2.24) is 0 Å². The molecule has 2 aliphatic rings. The highest BCUT2D eigenvalue weighted by Crippen LogP contribution is 2.53. The van der Waals surface area contributed by atoms with E-state index in [2.05, 4.69) is 0 Å². The molecule has 0 aromatic rings. The molecule has 0 aromatic heterocycles. The van der Waals surface area contributed by atoms with Gasteiger partial charge in [0.2, 0.25) is 0 Å². The Balaban J connectivity index is 1.89. The van der Waals surface area contributed by atoms with Gasteiger partial charge in [-0.3, -0.25) is 13.6 Å². The van der Waals surface area contributed by atoms with Crippen LogP contribution < -0.4 is 0 Å². The van der Waals surface area contributed by atoms with Gasteiger partial charge in [0.25, 0.3) is 0 Å². The second-order valence-electron chi connectivity index (χ2n) is 5.61. The second kappa shape index (κ2) is 7.30. The largest absolute Gasteiger partial charge is 0.475 e. The SMILES string of the molecule is COP(=O)(OC1CCCC(F)C1)OC1CCCC(F)C1. The number of phosphoric ester groups is 1. The highest BCUT2D eigenvalue weighted by Gasteiger charge is 2.36. The van der Waals surface area contributed by atoms with Gasteiger partial charge in [0, 0.05) is 20.0 Å². The molecular formula is C13H23F2O4P. The molecule has 4 unspecified atom stereocenters. The lowest BCUT2D eigenvalue weighted by atomic mass is 9.96. The predicted octanol–water partition coefficient (Wildman–Crippen LogP) is 4.34. The van der Waals surface area contributed by atoms with E-state index >= 15 is 0 Å². The van der Waals surface area contributed by atoms with Crippen molar-refractivity contribution in [2.24, 2.45) is 0 Å². The van der Waals surface area contributed by atoms with E-state index in [1.807, 2.05) is 0 Å². The van der Waals surface area contributed by atoms with Crippen molar-refractivity contribution in [3.8, 4) is 0 Å². The van der Waals surface area contributed by atoms with Gasteiger partial charge >= 0.3 is 7.82 Å². The zero-order valence-corrected chi connectivity index (χ0v) is 12.7. The van der Waals surface area contributed by atoms with Gasteiger partial charge in [-0.05, 0) is 38.5 Å². The molecule has 0 radical (unpaired) electrons. The molecule has 4 atom stereocenters. The van der Waals surface area contributed by atoms with Gasteiger partial charge in [-0.25, -0.2) is 13.3 Å². The van der Waals surface area contributed by atoms with E-state index in [4.69, 9.17) is 13.6 Å². The predicted molar refractivity (Wildman–Crippen MR) is 71.1 cm³/mol. The fraction of sp³-hybridized carbons (Fsp3) is 1.00. The molecule has 2 saturated carbocycles. The molecule has 118 valence electrons. The standard InChI is InChI=1S/C13H23F2O4P/c1-17-20(16,18-12-6-2-4-10(14)8-12)19-13-7-3-5-11(15)9-13/h10-13H,2-9H2,1H3. The summed E-state index contributed by atoms with van der Waals surface area (Å²) in [7, 11) is -2.48. The summed E-state index contributed by atoms with van der Waals surface area (Å²) in [4.78, 5) is 0. The van der Waals surface area contributed by atoms with Gasteiger partial charge in [-0.2, -0.15) is 0 Å². The van der Waals surface area contributed by atoms with E-state index < -0.39 is 32.4 Å². The lowest BCUT2D eigenvalue weighted by Gasteiger charge is -2.31. The number of rotatable bonds is 5. The molecule has 0 aliphatic heterocycles. The van der Waals surface area contributed by atoms with Gasteiger partial charge in [0.05, 0.1) is 12.2 Å². The van der Waals surface area contributed by atoms with Crippen LogP contribution in [0.4, 0.5) is 8.78 Å². The van der Waals surface area contributed by atoms with Crippen molar-refractivity contribution in [3.05, 3.63) is 0 Å². The van der Waals surface area contributed by atoms with Crippen molar-refractivity contribution < 1.29 is 26.9 Å². The average Bonchev–Trinajstić information content (AvgIpc) is 2.38. The average molecular weight is 312 g/mol. The number of hydrogen-bond acceptors (Lipinski definition) is 4. The van der Waals surface area contributed by atoms with Crippen LogP contribution in [0.5, 0.6) is 0 Å². The molecule has 0 N–H and O–H groups in total. The van der Waals surface area contributed by atoms with Crippen LogP contribution in [0.3, 0.4) is 0 Å². The maximum absolute atomic E-state index is 13.3. The van der Waals surface area contributed by atoms with E-state index in [9.17, 15) is 13.3 Å². The van der Waals surface area contributed by atoms with Crippen molar-refractivity contribution in [2.75, 3.05) is 7.11 Å². The fourth-order valence-corrected chi connectivity index (χ4v) is 4.18. The minimum Gasteiger partial charge on any atom is -0.290 e. The summed E-state index contributed by atoms with van der Waals surface area (Å²) in [6, 6.07) is 0. The van der Waals surface area contributed by atoms with Crippen LogP contribution in [0.25, 0.3) is 0 Å². The molecular weight excluding hydrogens is 289 g/mol. The van der Waals surface area contributed by atoms with Crippen LogP contribution in [0.2, 0.25) is 0 Å². The Morgan fingerprint density at radius 3 is 1.70 bits per heavy atom. The maximum atomic E-state index is 13.3. The van der Waals surface area contributed by atoms with Gasteiger partial charge in [-0.15, -0.1) is 0 Å². The molecule has 2 aliphatic carbocycles. The van der Waals surface area contributed by atoms with Crippen molar-refractivity contribution in [1.29, 1.82) is 0 Å². The fourth-order valence-electron chi connectivity index (χ4n) is 2.84. The minimum absolute atomic E-state index is 0.215. The van der Waals surface area contributed by atoms with Gasteiger partial charge < -0.3 is 0 Å². The Labute approximate surface area is 118 Å². The summed E-state index contributed by atoms with van der Waals surface area (Å²) in [5.74, 6) is 0. The Hall–Kier alpha value is -0.0300. The van der Waals surface area contributed by atoms with E-state index in [1.54, 1.807) is 0 Å². The Kier molecular flexibility index (Phi) is 5.96. The van der Waals surface area contributed by atoms with Crippen LogP contribution in [-0.4, -0.2) is 31.7 Å². The maximum Gasteiger partial charge on any atom is 0.475 e. The van der Waals surface area contributed by atoms with Crippen LogP contribution in [0, 0.1) is 0 Å². The van der Waals surface area contributed by atoms with E-state index in [-0.39, 0.29) is 12.8 Å². The van der Waals surface area contributed by atoms with Crippen LogP contribution in [-0.2, 0) is 18.1 Å². The molecule has 0 saturated heterocycles. The molecule has 2 rings (SSSR count). The van der Waals surface area contributed by atoms with E-state index in [0.717, 1.165) is 0 Å². The Morgan fingerprint density at radius 2 is 1.35 bits per heavy atom. The topological polar surface area (TPSA) is 44.8 Å². The normalized spacial score (nSPS) is 38.4. The summed E-state index contributed by atoms with van der Waals surface area (Å²) in [6.07, 6.45) is 1.41. The smallest absolute Gasteiger partial charge is 0.290 e. The highest BCUT2D eigenvalue weighted by molar-refractivity contribution is 7.48. The van der Waals surface area contributed by atoms with Crippen molar-refractivity contribution >= 4 is 7.82 Å². The third-order valence-corrected chi connectivity index (χ3v) is 5.46. The molecule has 0 spiro atoms. The first kappa shape index (κ1) is 16.3. The number of alkyl halides is 2. The molecule has 0 heterocycles. The molecule has 0 bridgehead atoms. The Morgan fingerprint density at radius 1 is 0.900 bits per heavy atom. The third kappa shape index (κ3) is 4.76. The monoisotopic (exact) mass is 312 g/mol. The van der Waals surface area contributed by atoms with E-state index in [1.165, 1.54) is 7.11 Å². The first-order valence-corrected chi connectivity index (χ1v) is 8.77. The van der Waals surface area contributed by atoms with Crippen LogP contribution in [0.15, 0.2) is 0 Å². The summed E-state index contributed by atoms with van der Waals surface area (Å²) in [6.45, 7) is 0. The summed E-state index contributed by atoms with van der Waals surface area (Å²) < 4.78 is 54.7. The van der Waals surface area contributed by atoms with Gasteiger partial charge in [-0.1, -0.05) is 0 Å². The molecule has 20 heavy (non-hydrogen) atoms. The zero-order valence-electron chi connectivity index (χ0n) is 11.8. The summed E-state index contributed by atoms with van der Waals surface area (Å²) in [5.41, 5.74) is 0. The highest BCUT2D eigenvalue weighted by atomic mass is 31.2. The molecule has 2 fully saturated rings. The van der Waals surface area contributed by atoms with Crippen molar-refractivity contribution in [3.63, 3.8) is 0 Å². The first-order chi connectivity index (χ1) is 9.50. The van der Waals surface area contributed by atoms with E-state index in [0.29, 0.717) is 38.5 Å². The number of phosphoric acid groups is 1. The van der Waals surface area contributed by atoms with Crippen LogP contribution in [0.1, 0.15) is 51.4 Å². The lowest BCUT2D eigenvalue weighted by Crippen LogP contribution is -2.26. The third-order valence-electron chi connectivity index (χ3n) is 3.90. The van der Waals surface area contributed by atoms with Crippen LogP contribution >= 0.6 is 7.82 Å². The zero-order chi connectivity index (χ0) is 14.6. The summed E-state index contributed by atoms with van der Waals surface area (Å²) >= 11 is 0. The first-order valence-electron chi connectivity index (χ1n) is 7.31. The van der Waals surface area contributed by atoms with Crippen molar-refractivity contribution in [2.45, 2.75) is 75.9 Å². The number of hydrogen-bond donors (Lipinski definition) is 0. The molecule has 7 heteroatoms. The molecule has 0 amide bonds. The molecule has 4 nitrogen and oxygen atoms in total. The minimum atomic E-state index is -3.72. The molecule has 0 aromatic carbocycles. The lowest BCUT2D eigenvalue weighted by molar-refractivity contribution is 0.0170. The quantitative estimate of drug-likeness (QED) is 0.709. The summed E-state index contributed by atoms with van der Waals surface area (Å²) in [5, 5.41) is 0. The van der Waals surface area contributed by atoms with Gasteiger partial charge in [0.15, 0.2) is 0 Å². The number of halogens is 2. The van der Waals surface area contributed by atoms with Gasteiger partial charge in [0.1, 0.15) is 12.3 Å². The Bertz CT molecular complexity index is 327. The second-order valence-corrected chi connectivity index (χ2v) is 7.29.